The molecule has 0 aliphatic carbocycles. The smallest absolute Gasteiger partial charge is 0.227 e. The van der Waals surface area contributed by atoms with E-state index in [2.05, 4.69) is 76.6 Å². The lowest BCUT2D eigenvalue weighted by Crippen LogP contribution is -2.30. The first kappa shape index (κ1) is 22.3. The third-order valence-corrected chi connectivity index (χ3v) is 7.16. The fourth-order valence-electron chi connectivity index (χ4n) is 5.20. The Kier molecular flexibility index (Phi) is 5.85. The Morgan fingerprint density at radius 2 is 1.36 bits per heavy atom. The van der Waals surface area contributed by atoms with Crippen molar-refractivity contribution < 1.29 is 14.2 Å². The summed E-state index contributed by atoms with van der Waals surface area (Å²) in [6.45, 7) is 2.37. The van der Waals surface area contributed by atoms with E-state index in [1.54, 1.807) is 0 Å². The van der Waals surface area contributed by atoms with Gasteiger partial charge >= 0.3 is 0 Å². The van der Waals surface area contributed by atoms with Crippen LogP contribution >= 0.6 is 0 Å². The van der Waals surface area contributed by atoms with Gasteiger partial charge in [0.1, 0.15) is 0 Å². The van der Waals surface area contributed by atoms with Crippen molar-refractivity contribution in [3.05, 3.63) is 97.0 Å². The van der Waals surface area contributed by atoms with E-state index in [0.717, 1.165) is 60.8 Å². The minimum absolute atomic E-state index is 0.203. The van der Waals surface area contributed by atoms with E-state index in [1.807, 2.05) is 34.1 Å². The van der Waals surface area contributed by atoms with Crippen molar-refractivity contribution in [1.82, 2.24) is 0 Å². The van der Waals surface area contributed by atoms with Crippen molar-refractivity contribution in [1.29, 1.82) is 0 Å². The number of nitrogens with zero attached hydrogens (tertiary/aromatic N) is 4. The molecule has 2 saturated heterocycles. The summed E-state index contributed by atoms with van der Waals surface area (Å²) >= 11 is 0. The highest BCUT2D eigenvalue weighted by molar-refractivity contribution is 5.96. The van der Waals surface area contributed by atoms with Gasteiger partial charge in [-0.2, -0.15) is 4.57 Å². The number of carbonyl (C=O) groups excluding carboxylic acids is 2. The maximum Gasteiger partial charge on any atom is 0.227 e. The second-order valence-electron chi connectivity index (χ2n) is 9.46. The van der Waals surface area contributed by atoms with E-state index < -0.39 is 0 Å². The lowest BCUT2D eigenvalue weighted by Gasteiger charge is -2.25. The van der Waals surface area contributed by atoms with Crippen molar-refractivity contribution in [3.8, 4) is 5.69 Å². The van der Waals surface area contributed by atoms with Crippen molar-refractivity contribution in [3.63, 3.8) is 0 Å². The molecule has 0 N–H and O–H groups in total. The molecule has 2 fully saturated rings. The topological polar surface area (TPSA) is 47.7 Å². The predicted octanol–water partition coefficient (Wildman–Crippen LogP) is 4.63. The van der Waals surface area contributed by atoms with Crippen LogP contribution in [0.2, 0.25) is 0 Å². The first-order valence-electron chi connectivity index (χ1n) is 12.6. The third kappa shape index (κ3) is 4.31. The highest BCUT2D eigenvalue weighted by Gasteiger charge is 2.23. The molecule has 2 amide bonds. The number of carbonyl (C=O) groups is 2. The van der Waals surface area contributed by atoms with E-state index in [9.17, 15) is 9.59 Å². The molecule has 180 valence electrons. The first-order chi connectivity index (χ1) is 17.7. The Morgan fingerprint density at radius 1 is 0.722 bits per heavy atom. The summed E-state index contributed by atoms with van der Waals surface area (Å²) in [5.74, 6) is 0.412. The second kappa shape index (κ2) is 9.46. The van der Waals surface area contributed by atoms with Gasteiger partial charge in [0.25, 0.3) is 0 Å². The Hall–Kier alpha value is -4.19. The van der Waals surface area contributed by atoms with Crippen molar-refractivity contribution in [2.24, 2.45) is 0 Å². The van der Waals surface area contributed by atoms with Crippen LogP contribution in [-0.2, 0) is 9.59 Å². The van der Waals surface area contributed by atoms with Gasteiger partial charge in [0.2, 0.25) is 17.5 Å². The Labute approximate surface area is 211 Å². The number of anilines is 3. The average molecular weight is 478 g/mol. The molecule has 3 aliphatic heterocycles. The molecule has 6 rings (SSSR count). The molecule has 0 saturated carbocycles. The van der Waals surface area contributed by atoms with Gasteiger partial charge in [-0.05, 0) is 54.3 Å². The fraction of sp³-hybridized carbons (Fsp3) is 0.233. The van der Waals surface area contributed by atoms with Gasteiger partial charge in [0, 0.05) is 74.3 Å². The largest absolute Gasteiger partial charge is 0.344 e. The van der Waals surface area contributed by atoms with Crippen LogP contribution in [0.4, 0.5) is 17.1 Å². The van der Waals surface area contributed by atoms with Gasteiger partial charge < -0.3 is 14.7 Å². The molecule has 0 atom stereocenters. The van der Waals surface area contributed by atoms with E-state index >= 15 is 0 Å². The lowest BCUT2D eigenvalue weighted by molar-refractivity contribution is -0.595. The van der Waals surface area contributed by atoms with Gasteiger partial charge in [-0.1, -0.05) is 18.2 Å². The second-order valence-corrected chi connectivity index (χ2v) is 9.46. The Balaban J connectivity index is 1.15. The van der Waals surface area contributed by atoms with Crippen LogP contribution in [-0.4, -0.2) is 31.4 Å². The molecule has 4 heterocycles. The number of benzene rings is 2. The molecular formula is C30H29N4O2+. The summed E-state index contributed by atoms with van der Waals surface area (Å²) < 4.78 is 2.08. The van der Waals surface area contributed by atoms with Gasteiger partial charge in [0.15, 0.2) is 12.4 Å². The molecule has 0 radical (unpaired) electrons. The molecule has 0 unspecified atom stereocenters. The maximum atomic E-state index is 12.1. The van der Waals surface area contributed by atoms with Crippen molar-refractivity contribution >= 4 is 34.4 Å². The number of hydrogen-bond donors (Lipinski definition) is 0. The molecule has 1 aromatic heterocycles. The average Bonchev–Trinajstić information content (AvgIpc) is 3.57. The zero-order valence-electron chi connectivity index (χ0n) is 20.2. The number of pyridine rings is 1. The first-order valence-corrected chi connectivity index (χ1v) is 12.6. The normalized spacial score (nSPS) is 17.8. The lowest BCUT2D eigenvalue weighted by atomic mass is 10.0. The SMILES string of the molecule is O=C1CCCN1c1cccc(N2C=CC(c3cc[n+](-c4cccc(N5CCCC5=O)c4)cc3)=CC2)c1. The zero-order chi connectivity index (χ0) is 24.5. The predicted molar refractivity (Wildman–Crippen MR) is 142 cm³/mol. The fourth-order valence-corrected chi connectivity index (χ4v) is 5.20. The number of allylic oxidation sites excluding steroid dienone is 2. The van der Waals surface area contributed by atoms with E-state index in [0.29, 0.717) is 12.8 Å². The molecule has 0 bridgehead atoms. The molecule has 0 spiro atoms. The van der Waals surface area contributed by atoms with Crippen LogP contribution in [0.3, 0.4) is 0 Å². The highest BCUT2D eigenvalue weighted by atomic mass is 16.2. The van der Waals surface area contributed by atoms with Gasteiger partial charge in [-0.15, -0.1) is 0 Å². The Bertz CT molecular complexity index is 1380. The number of hydrogen-bond acceptors (Lipinski definition) is 3. The number of rotatable bonds is 5. The molecule has 6 heteroatoms. The van der Waals surface area contributed by atoms with Crippen LogP contribution in [0.25, 0.3) is 11.3 Å². The van der Waals surface area contributed by atoms with Crippen molar-refractivity contribution in [2.45, 2.75) is 25.7 Å². The van der Waals surface area contributed by atoms with Gasteiger partial charge in [0.05, 0.1) is 5.69 Å². The number of aromatic nitrogens is 1. The van der Waals surface area contributed by atoms with E-state index in [4.69, 9.17) is 0 Å². The molecule has 6 nitrogen and oxygen atoms in total. The van der Waals surface area contributed by atoms with Crippen LogP contribution in [0.1, 0.15) is 31.2 Å². The maximum absolute atomic E-state index is 12.1. The summed E-state index contributed by atoms with van der Waals surface area (Å²) in [6.07, 6.45) is 13.7. The molecule has 2 aromatic carbocycles. The minimum Gasteiger partial charge on any atom is -0.344 e. The van der Waals surface area contributed by atoms with Crippen LogP contribution < -0.4 is 19.3 Å². The summed E-state index contributed by atoms with van der Waals surface area (Å²) in [6, 6.07) is 20.6. The summed E-state index contributed by atoms with van der Waals surface area (Å²) in [5.41, 5.74) is 6.40. The molecule has 3 aliphatic rings. The van der Waals surface area contributed by atoms with E-state index in [-0.39, 0.29) is 11.8 Å². The van der Waals surface area contributed by atoms with E-state index in [1.165, 1.54) is 5.57 Å². The zero-order valence-corrected chi connectivity index (χ0v) is 20.2. The van der Waals surface area contributed by atoms with Crippen LogP contribution in [0, 0.1) is 0 Å². The minimum atomic E-state index is 0.203. The van der Waals surface area contributed by atoms with Gasteiger partial charge in [-0.3, -0.25) is 9.59 Å². The van der Waals surface area contributed by atoms with Crippen LogP contribution in [0.5, 0.6) is 0 Å². The molecule has 36 heavy (non-hydrogen) atoms. The van der Waals surface area contributed by atoms with Gasteiger partial charge in [-0.25, -0.2) is 0 Å². The van der Waals surface area contributed by atoms with Crippen LogP contribution in [0.15, 0.2) is 91.4 Å². The summed E-state index contributed by atoms with van der Waals surface area (Å²) in [7, 11) is 0. The molecular weight excluding hydrogens is 448 g/mol. The standard InChI is InChI=1S/C30H29N4O2/c35-29-9-3-15-33(29)27-7-1-5-25(21-27)31-17-11-23(12-18-31)24-13-19-32(20-14-24)26-6-2-8-28(22-26)34-16-4-10-30(34)36/h1-2,5-8,11-14,17-19,21-22H,3-4,9-10,15-16,20H2/q+1. The summed E-state index contributed by atoms with van der Waals surface area (Å²) in [5, 5.41) is 0. The highest BCUT2D eigenvalue weighted by Crippen LogP contribution is 2.29. The van der Waals surface area contributed by atoms with Crippen molar-refractivity contribution in [2.75, 3.05) is 34.3 Å². The monoisotopic (exact) mass is 477 g/mol. The number of amides is 2. The Morgan fingerprint density at radius 3 is 1.97 bits per heavy atom. The summed E-state index contributed by atoms with van der Waals surface area (Å²) in [4.78, 5) is 30.2. The third-order valence-electron chi connectivity index (χ3n) is 7.16. The quantitative estimate of drug-likeness (QED) is 0.504. The molecule has 3 aromatic rings.